The third-order valence-corrected chi connectivity index (χ3v) is 13.1. The summed E-state index contributed by atoms with van der Waals surface area (Å²) in [5.41, 5.74) is 10.2. The first-order valence-electron chi connectivity index (χ1n) is 22.5. The first-order valence-corrected chi connectivity index (χ1v) is 22.5. The number of anilines is 6. The van der Waals surface area contributed by atoms with Gasteiger partial charge in [-0.1, -0.05) is 176 Å². The van der Waals surface area contributed by atoms with Crippen molar-refractivity contribution in [2.24, 2.45) is 0 Å². The van der Waals surface area contributed by atoms with Gasteiger partial charge in [0.15, 0.2) is 0 Å². The van der Waals surface area contributed by atoms with Gasteiger partial charge in [0, 0.05) is 60.6 Å². The molecule has 0 aliphatic heterocycles. The van der Waals surface area contributed by atoms with Crippen LogP contribution < -0.4 is 9.80 Å². The predicted molar refractivity (Wildman–Crippen MR) is 279 cm³/mol. The van der Waals surface area contributed by atoms with E-state index in [1.54, 1.807) is 0 Å². The Kier molecular flexibility index (Phi) is 8.81. The Labute approximate surface area is 381 Å². The summed E-state index contributed by atoms with van der Waals surface area (Å²) in [5, 5.41) is 13.8. The quantitative estimate of drug-likeness (QED) is 0.118. The van der Waals surface area contributed by atoms with Crippen molar-refractivity contribution in [3.8, 4) is 11.3 Å². The molecule has 0 N–H and O–H groups in total. The van der Waals surface area contributed by atoms with Gasteiger partial charge >= 0.3 is 0 Å². The second kappa shape index (κ2) is 15.4. The lowest BCUT2D eigenvalue weighted by Gasteiger charge is -2.29. The first-order chi connectivity index (χ1) is 32.7. The lowest BCUT2D eigenvalue weighted by Crippen LogP contribution is -2.11. The summed E-state index contributed by atoms with van der Waals surface area (Å²) in [4.78, 5) is 15.6. The van der Waals surface area contributed by atoms with Crippen molar-refractivity contribution < 1.29 is 0 Å². The predicted octanol–water partition coefficient (Wildman–Crippen LogP) is 17.2. The molecule has 0 spiro atoms. The van der Waals surface area contributed by atoms with Crippen molar-refractivity contribution in [3.05, 3.63) is 243 Å². The standard InChI is InChI=1S/C62H40N4/c1-4-18-41(19-5-1)58-40-63-59-54-34-32-48(65(46-24-6-2-7-25-46)61-50-28-14-10-20-42(50)36-43-21-11-15-29-51(43)61)38-56(54)57-39-49(33-35-55(57)60(59)64-58)66(47-26-8-3-9-27-47)62-52-30-16-12-22-44(52)37-45-23-13-17-31-53(45)62/h1-40H. The van der Waals surface area contributed by atoms with Gasteiger partial charge in [0.05, 0.1) is 34.3 Å². The zero-order chi connectivity index (χ0) is 43.6. The summed E-state index contributed by atoms with van der Waals surface area (Å²) in [6.45, 7) is 0. The maximum atomic E-state index is 5.43. The van der Waals surface area contributed by atoms with Crippen LogP contribution in [0.25, 0.3) is 86.9 Å². The third kappa shape index (κ3) is 6.15. The number of aromatic nitrogens is 2. The van der Waals surface area contributed by atoms with E-state index in [0.29, 0.717) is 0 Å². The Morgan fingerprint density at radius 3 is 1.09 bits per heavy atom. The minimum Gasteiger partial charge on any atom is -0.309 e. The van der Waals surface area contributed by atoms with Gasteiger partial charge < -0.3 is 9.80 Å². The number of para-hydroxylation sites is 2. The summed E-state index contributed by atoms with van der Waals surface area (Å²) in [6, 6.07) is 85.2. The normalized spacial score (nSPS) is 11.6. The van der Waals surface area contributed by atoms with Gasteiger partial charge in [-0.25, -0.2) is 4.98 Å². The average molecular weight is 841 g/mol. The SMILES string of the molecule is c1ccc(-c2cnc3c4ccc(N(c5ccccc5)c5c6ccccc6cc6ccccc56)cc4c4cc(N(c5ccccc5)c5c6ccccc6cc6ccccc56)ccc4c3n2)cc1. The van der Waals surface area contributed by atoms with Crippen molar-refractivity contribution in [1.82, 2.24) is 9.97 Å². The van der Waals surface area contributed by atoms with Crippen LogP contribution in [0, 0.1) is 0 Å². The minimum atomic E-state index is 0.843. The van der Waals surface area contributed by atoms with E-state index in [9.17, 15) is 0 Å². The average Bonchev–Trinajstić information content (AvgIpc) is 3.39. The van der Waals surface area contributed by atoms with Crippen LogP contribution in [-0.4, -0.2) is 9.97 Å². The van der Waals surface area contributed by atoms with Gasteiger partial charge in [-0.2, -0.15) is 0 Å². The summed E-state index contributed by atoms with van der Waals surface area (Å²) >= 11 is 0. The van der Waals surface area contributed by atoms with Gasteiger partial charge in [0.25, 0.3) is 0 Å². The van der Waals surface area contributed by atoms with Crippen LogP contribution in [0.15, 0.2) is 243 Å². The highest BCUT2D eigenvalue weighted by molar-refractivity contribution is 6.25. The van der Waals surface area contributed by atoms with E-state index in [2.05, 4.69) is 240 Å². The molecule has 4 heteroatoms. The summed E-state index contributed by atoms with van der Waals surface area (Å²) < 4.78 is 0. The Bertz CT molecular complexity index is 3890. The van der Waals surface area contributed by atoms with Crippen LogP contribution >= 0.6 is 0 Å². The fraction of sp³-hybridized carbons (Fsp3) is 0. The van der Waals surface area contributed by atoms with Crippen LogP contribution in [0.5, 0.6) is 0 Å². The summed E-state index contributed by atoms with van der Waals surface area (Å²) in [7, 11) is 0. The zero-order valence-corrected chi connectivity index (χ0v) is 35.9. The molecular formula is C62H40N4. The number of benzene rings is 12. The molecule has 12 aromatic carbocycles. The van der Waals surface area contributed by atoms with E-state index in [1.807, 2.05) is 12.3 Å². The molecule has 0 saturated carbocycles. The van der Waals surface area contributed by atoms with Crippen LogP contribution in [0.2, 0.25) is 0 Å². The highest BCUT2D eigenvalue weighted by atomic mass is 15.2. The van der Waals surface area contributed by atoms with Crippen molar-refractivity contribution in [3.63, 3.8) is 0 Å². The molecule has 0 atom stereocenters. The molecule has 1 heterocycles. The molecule has 13 aromatic rings. The second-order valence-corrected chi connectivity index (χ2v) is 17.0. The lowest BCUT2D eigenvalue weighted by molar-refractivity contribution is 1.30. The van der Waals surface area contributed by atoms with Crippen molar-refractivity contribution in [1.29, 1.82) is 0 Å². The van der Waals surface area contributed by atoms with Crippen molar-refractivity contribution in [2.75, 3.05) is 9.80 Å². The number of hydrogen-bond acceptors (Lipinski definition) is 4. The monoisotopic (exact) mass is 840 g/mol. The van der Waals surface area contributed by atoms with Crippen LogP contribution in [0.1, 0.15) is 0 Å². The highest BCUT2D eigenvalue weighted by Gasteiger charge is 2.23. The van der Waals surface area contributed by atoms with Crippen LogP contribution in [0.4, 0.5) is 34.1 Å². The molecule has 66 heavy (non-hydrogen) atoms. The van der Waals surface area contributed by atoms with E-state index >= 15 is 0 Å². The fourth-order valence-corrected chi connectivity index (χ4v) is 10.2. The Morgan fingerprint density at radius 2 is 0.652 bits per heavy atom. The number of nitrogens with zero attached hydrogens (tertiary/aromatic N) is 4. The summed E-state index contributed by atoms with van der Waals surface area (Å²) in [5.74, 6) is 0. The second-order valence-electron chi connectivity index (χ2n) is 17.0. The number of rotatable bonds is 7. The van der Waals surface area contributed by atoms with E-state index in [-0.39, 0.29) is 0 Å². The number of hydrogen-bond donors (Lipinski definition) is 0. The maximum Gasteiger partial charge on any atom is 0.0979 e. The molecule has 4 nitrogen and oxygen atoms in total. The van der Waals surface area contributed by atoms with Crippen LogP contribution in [-0.2, 0) is 0 Å². The van der Waals surface area contributed by atoms with Gasteiger partial charge in [-0.15, -0.1) is 0 Å². The summed E-state index contributed by atoms with van der Waals surface area (Å²) in [6.07, 6.45) is 1.92. The molecule has 1 aromatic heterocycles. The topological polar surface area (TPSA) is 32.3 Å². The largest absolute Gasteiger partial charge is 0.309 e. The molecule has 0 radical (unpaired) electrons. The van der Waals surface area contributed by atoms with Crippen molar-refractivity contribution >= 4 is 110 Å². The smallest absolute Gasteiger partial charge is 0.0979 e. The van der Waals surface area contributed by atoms with Crippen LogP contribution in [0.3, 0.4) is 0 Å². The van der Waals surface area contributed by atoms with E-state index in [1.165, 1.54) is 43.1 Å². The lowest BCUT2D eigenvalue weighted by atomic mass is 9.95. The molecule has 0 amide bonds. The Hall–Kier alpha value is -8.86. The van der Waals surface area contributed by atoms with E-state index in [4.69, 9.17) is 9.97 Å². The molecule has 13 rings (SSSR count). The van der Waals surface area contributed by atoms with Crippen molar-refractivity contribution in [2.45, 2.75) is 0 Å². The molecule has 0 unspecified atom stereocenters. The maximum absolute atomic E-state index is 5.43. The molecule has 0 bridgehead atoms. The van der Waals surface area contributed by atoms with E-state index < -0.39 is 0 Å². The van der Waals surface area contributed by atoms with E-state index in [0.717, 1.165) is 78.0 Å². The highest BCUT2D eigenvalue weighted by Crippen LogP contribution is 2.48. The van der Waals surface area contributed by atoms with Gasteiger partial charge in [-0.05, 0) is 93.0 Å². The fourth-order valence-electron chi connectivity index (χ4n) is 10.2. The molecule has 308 valence electrons. The van der Waals surface area contributed by atoms with Gasteiger partial charge in [0.1, 0.15) is 0 Å². The van der Waals surface area contributed by atoms with Gasteiger partial charge in [0.2, 0.25) is 0 Å². The zero-order valence-electron chi connectivity index (χ0n) is 35.9. The molecular weight excluding hydrogens is 801 g/mol. The Balaban J connectivity index is 1.14. The first kappa shape index (κ1) is 37.7. The number of fused-ring (bicyclic) bond motifs is 10. The Morgan fingerprint density at radius 1 is 0.273 bits per heavy atom. The molecule has 0 aliphatic rings. The third-order valence-electron chi connectivity index (χ3n) is 13.1. The molecule has 0 aliphatic carbocycles. The minimum absolute atomic E-state index is 0.843. The molecule has 0 fully saturated rings. The molecule has 0 saturated heterocycles. The van der Waals surface area contributed by atoms with Gasteiger partial charge in [-0.3, -0.25) is 4.98 Å².